The summed E-state index contributed by atoms with van der Waals surface area (Å²) in [6.07, 6.45) is 1.04. The molecule has 0 aliphatic carbocycles. The fourth-order valence-corrected chi connectivity index (χ4v) is 1.39. The summed E-state index contributed by atoms with van der Waals surface area (Å²) in [5, 5.41) is 19.4. The molecule has 7 nitrogen and oxygen atoms in total. The van der Waals surface area contributed by atoms with Gasteiger partial charge in [-0.25, -0.2) is 9.78 Å². The lowest BCUT2D eigenvalue weighted by Gasteiger charge is -2.06. The first-order valence-corrected chi connectivity index (χ1v) is 5.18. The minimum Gasteiger partial charge on any atom is -0.478 e. The van der Waals surface area contributed by atoms with E-state index >= 15 is 0 Å². The molecule has 0 saturated heterocycles. The Morgan fingerprint density at radius 1 is 1.26 bits per heavy atom. The van der Waals surface area contributed by atoms with Crippen molar-refractivity contribution in [3.63, 3.8) is 0 Å². The van der Waals surface area contributed by atoms with Crippen LogP contribution in [0, 0.1) is 10.1 Å². The van der Waals surface area contributed by atoms with Gasteiger partial charge in [0, 0.05) is 12.1 Å². The van der Waals surface area contributed by atoms with Crippen LogP contribution in [0.4, 0.5) is 5.69 Å². The highest BCUT2D eigenvalue weighted by Gasteiger charge is 2.12. The monoisotopic (exact) mass is 260 g/mol. The third kappa shape index (κ3) is 2.83. The van der Waals surface area contributed by atoms with Crippen molar-refractivity contribution in [2.24, 2.45) is 0 Å². The molecule has 0 radical (unpaired) electrons. The molecular weight excluding hydrogens is 252 g/mol. The van der Waals surface area contributed by atoms with Crippen LogP contribution in [0.1, 0.15) is 10.4 Å². The number of rotatable bonds is 4. The van der Waals surface area contributed by atoms with Gasteiger partial charge >= 0.3 is 5.97 Å². The lowest BCUT2D eigenvalue weighted by molar-refractivity contribution is -0.385. The standard InChI is InChI=1S/C12H8N2O5/c15-12(16)9-3-1-2-4-10(9)19-11-6-5-8(7-13-11)14(17)18/h1-7H,(H,15,16). The quantitative estimate of drug-likeness (QED) is 0.669. The Morgan fingerprint density at radius 3 is 2.58 bits per heavy atom. The predicted octanol–water partition coefficient (Wildman–Crippen LogP) is 2.48. The van der Waals surface area contributed by atoms with Crippen molar-refractivity contribution in [1.29, 1.82) is 0 Å². The van der Waals surface area contributed by atoms with Gasteiger partial charge in [-0.2, -0.15) is 0 Å². The van der Waals surface area contributed by atoms with Gasteiger partial charge in [-0.15, -0.1) is 0 Å². The Bertz CT molecular complexity index is 624. The second kappa shape index (κ2) is 5.13. The first kappa shape index (κ1) is 12.5. The molecule has 96 valence electrons. The number of carboxylic acid groups (broad SMARTS) is 1. The van der Waals surface area contributed by atoms with E-state index in [0.29, 0.717) is 0 Å². The molecule has 0 spiro atoms. The summed E-state index contributed by atoms with van der Waals surface area (Å²) in [5.41, 5.74) is -0.179. The molecule has 0 amide bonds. The minimum absolute atomic E-state index is 0.0114. The van der Waals surface area contributed by atoms with Crippen molar-refractivity contribution in [3.8, 4) is 11.6 Å². The van der Waals surface area contributed by atoms with Gasteiger partial charge in [0.15, 0.2) is 0 Å². The van der Waals surface area contributed by atoms with Crippen LogP contribution in [0.5, 0.6) is 11.6 Å². The van der Waals surface area contributed by atoms with Gasteiger partial charge < -0.3 is 9.84 Å². The molecule has 0 atom stereocenters. The zero-order valence-electron chi connectivity index (χ0n) is 9.52. The number of nitro groups is 1. The van der Waals surface area contributed by atoms with E-state index < -0.39 is 10.9 Å². The maximum Gasteiger partial charge on any atom is 0.339 e. The van der Waals surface area contributed by atoms with Crippen LogP contribution in [0.3, 0.4) is 0 Å². The third-order valence-electron chi connectivity index (χ3n) is 2.26. The summed E-state index contributed by atoms with van der Waals surface area (Å²) in [6, 6.07) is 8.59. The average Bonchev–Trinajstić information content (AvgIpc) is 2.39. The number of hydrogen-bond donors (Lipinski definition) is 1. The zero-order chi connectivity index (χ0) is 13.8. The van der Waals surface area contributed by atoms with Gasteiger partial charge in [0.05, 0.1) is 4.92 Å². The van der Waals surface area contributed by atoms with E-state index in [0.717, 1.165) is 6.20 Å². The fraction of sp³-hybridized carbons (Fsp3) is 0. The molecule has 0 fully saturated rings. The fourth-order valence-electron chi connectivity index (χ4n) is 1.39. The van der Waals surface area contributed by atoms with E-state index in [1.165, 1.54) is 24.3 Å². The Kier molecular flexibility index (Phi) is 3.37. The van der Waals surface area contributed by atoms with Crippen molar-refractivity contribution in [2.45, 2.75) is 0 Å². The average molecular weight is 260 g/mol. The predicted molar refractivity (Wildman–Crippen MR) is 64.4 cm³/mol. The Balaban J connectivity index is 2.26. The molecule has 19 heavy (non-hydrogen) atoms. The van der Waals surface area contributed by atoms with Crippen molar-refractivity contribution in [2.75, 3.05) is 0 Å². The summed E-state index contributed by atoms with van der Waals surface area (Å²) in [6.45, 7) is 0. The molecule has 1 heterocycles. The van der Waals surface area contributed by atoms with Crippen molar-refractivity contribution in [3.05, 3.63) is 58.3 Å². The van der Waals surface area contributed by atoms with E-state index in [4.69, 9.17) is 9.84 Å². The number of carbonyl (C=O) groups is 1. The van der Waals surface area contributed by atoms with Crippen LogP contribution >= 0.6 is 0 Å². The summed E-state index contributed by atoms with van der Waals surface area (Å²) in [4.78, 5) is 24.6. The van der Waals surface area contributed by atoms with Gasteiger partial charge in [0.1, 0.15) is 17.5 Å². The van der Waals surface area contributed by atoms with Crippen LogP contribution in [0.15, 0.2) is 42.6 Å². The van der Waals surface area contributed by atoms with E-state index in [1.807, 2.05) is 0 Å². The first-order valence-electron chi connectivity index (χ1n) is 5.18. The SMILES string of the molecule is O=C(O)c1ccccc1Oc1ccc([N+](=O)[O-])cn1. The number of nitrogens with zero attached hydrogens (tertiary/aromatic N) is 2. The van der Waals surface area contributed by atoms with Crippen molar-refractivity contribution >= 4 is 11.7 Å². The largest absolute Gasteiger partial charge is 0.478 e. The summed E-state index contributed by atoms with van der Waals surface area (Å²) < 4.78 is 5.29. The number of benzene rings is 1. The lowest BCUT2D eigenvalue weighted by atomic mass is 10.2. The summed E-state index contributed by atoms with van der Waals surface area (Å²) >= 11 is 0. The minimum atomic E-state index is -1.13. The van der Waals surface area contributed by atoms with Gasteiger partial charge in [0.2, 0.25) is 5.88 Å². The van der Waals surface area contributed by atoms with Gasteiger partial charge in [0.25, 0.3) is 5.69 Å². The van der Waals surface area contributed by atoms with Gasteiger partial charge in [-0.1, -0.05) is 12.1 Å². The molecule has 0 aliphatic heterocycles. The van der Waals surface area contributed by atoms with Crippen LogP contribution in [0.2, 0.25) is 0 Å². The number of aromatic nitrogens is 1. The Hall–Kier alpha value is -2.96. The Morgan fingerprint density at radius 2 is 2.00 bits per heavy atom. The Labute approximate surface area is 107 Å². The number of pyridine rings is 1. The van der Waals surface area contributed by atoms with Crippen LogP contribution in [-0.4, -0.2) is 21.0 Å². The maximum atomic E-state index is 11.0. The molecule has 0 bridgehead atoms. The molecule has 0 saturated carbocycles. The van der Waals surface area contributed by atoms with Gasteiger partial charge in [-0.05, 0) is 12.1 Å². The molecule has 1 aromatic heterocycles. The number of hydrogen-bond acceptors (Lipinski definition) is 5. The highest BCUT2D eigenvalue weighted by Crippen LogP contribution is 2.24. The van der Waals surface area contributed by atoms with Crippen molar-refractivity contribution in [1.82, 2.24) is 4.98 Å². The molecule has 1 N–H and O–H groups in total. The highest BCUT2D eigenvalue weighted by atomic mass is 16.6. The third-order valence-corrected chi connectivity index (χ3v) is 2.26. The normalized spacial score (nSPS) is 9.89. The van der Waals surface area contributed by atoms with E-state index in [-0.39, 0.29) is 22.9 Å². The number of carboxylic acids is 1. The molecular formula is C12H8N2O5. The van der Waals surface area contributed by atoms with E-state index in [2.05, 4.69) is 4.98 Å². The smallest absolute Gasteiger partial charge is 0.339 e. The van der Waals surface area contributed by atoms with E-state index in [9.17, 15) is 14.9 Å². The molecule has 2 rings (SSSR count). The van der Waals surface area contributed by atoms with Gasteiger partial charge in [-0.3, -0.25) is 10.1 Å². The number of para-hydroxylation sites is 1. The second-order valence-electron chi connectivity index (χ2n) is 3.52. The lowest BCUT2D eigenvalue weighted by Crippen LogP contribution is -2.00. The molecule has 2 aromatic rings. The summed E-state index contributed by atoms with van der Waals surface area (Å²) in [7, 11) is 0. The van der Waals surface area contributed by atoms with Crippen LogP contribution in [-0.2, 0) is 0 Å². The molecule has 0 unspecified atom stereocenters. The van der Waals surface area contributed by atoms with Crippen LogP contribution in [0.25, 0.3) is 0 Å². The molecule has 1 aromatic carbocycles. The maximum absolute atomic E-state index is 11.0. The second-order valence-corrected chi connectivity index (χ2v) is 3.52. The zero-order valence-corrected chi connectivity index (χ0v) is 9.52. The first-order chi connectivity index (χ1) is 9.08. The summed E-state index contributed by atoms with van der Waals surface area (Å²) in [5.74, 6) is -0.923. The van der Waals surface area contributed by atoms with Crippen LogP contribution < -0.4 is 4.74 Å². The molecule has 7 heteroatoms. The number of aromatic carboxylic acids is 1. The topological polar surface area (TPSA) is 103 Å². The molecule has 0 aliphatic rings. The highest BCUT2D eigenvalue weighted by molar-refractivity contribution is 5.90. The van der Waals surface area contributed by atoms with E-state index in [1.54, 1.807) is 12.1 Å². The van der Waals surface area contributed by atoms with Crippen molar-refractivity contribution < 1.29 is 19.6 Å². The number of ether oxygens (including phenoxy) is 1.